The Hall–Kier alpha value is -1.51. The fourth-order valence-electron chi connectivity index (χ4n) is 1.29. The molecule has 0 saturated heterocycles. The predicted molar refractivity (Wildman–Crippen MR) is 60.9 cm³/mol. The largest absolute Gasteiger partial charge is 0.449 e. The normalized spacial score (nSPS) is 9.80. The van der Waals surface area contributed by atoms with Crippen LogP contribution in [0.3, 0.4) is 0 Å². The molecule has 81 valence electrons. The fraction of sp³-hybridized carbons (Fsp3) is 0.333. The molecule has 0 bridgehead atoms. The Balaban J connectivity index is 2.72. The number of aryl methyl sites for hydroxylation is 1. The van der Waals surface area contributed by atoms with Gasteiger partial charge >= 0.3 is 6.09 Å². The lowest BCUT2D eigenvalue weighted by atomic mass is 10.2. The molecule has 1 aromatic rings. The van der Waals surface area contributed by atoms with Crippen molar-refractivity contribution in [2.24, 2.45) is 0 Å². The zero-order valence-corrected chi connectivity index (χ0v) is 9.19. The van der Waals surface area contributed by atoms with Gasteiger partial charge in [0.15, 0.2) is 0 Å². The maximum Gasteiger partial charge on any atom is 0.414 e. The summed E-state index contributed by atoms with van der Waals surface area (Å²) in [5, 5.41) is 0. The van der Waals surface area contributed by atoms with E-state index >= 15 is 0 Å². The van der Waals surface area contributed by atoms with E-state index in [2.05, 4.69) is 6.92 Å². The second-order valence-corrected chi connectivity index (χ2v) is 3.31. The van der Waals surface area contributed by atoms with E-state index in [1.54, 1.807) is 7.05 Å². The molecule has 3 nitrogen and oxygen atoms in total. The number of hydrogen-bond acceptors (Lipinski definition) is 2. The van der Waals surface area contributed by atoms with Crippen molar-refractivity contribution in [2.75, 3.05) is 18.6 Å². The summed E-state index contributed by atoms with van der Waals surface area (Å²) in [6, 6.07) is 7.68. The highest BCUT2D eigenvalue weighted by Crippen LogP contribution is 2.18. The molecule has 0 fully saturated rings. The first-order chi connectivity index (χ1) is 7.16. The van der Waals surface area contributed by atoms with Gasteiger partial charge in [-0.25, -0.2) is 4.79 Å². The Kier molecular flexibility index (Phi) is 4.16. The maximum atomic E-state index is 11.5. The molecule has 1 amide bonds. The van der Waals surface area contributed by atoms with E-state index < -0.39 is 0 Å². The number of hydrogen-bond donors (Lipinski definition) is 0. The summed E-state index contributed by atoms with van der Waals surface area (Å²) in [6.07, 6.45) is 0.251. The molecule has 0 N–H and O–H groups in total. The molecule has 1 rings (SSSR count). The van der Waals surface area contributed by atoms with Gasteiger partial charge in [0.1, 0.15) is 0 Å². The van der Waals surface area contributed by atoms with Crippen LogP contribution in [0.5, 0.6) is 0 Å². The summed E-state index contributed by atoms with van der Waals surface area (Å²) in [7, 11) is 1.70. The molecular formula is C12H16NO2. The van der Waals surface area contributed by atoms with E-state index in [0.717, 1.165) is 11.3 Å². The second-order valence-electron chi connectivity index (χ2n) is 3.31. The molecule has 3 heteroatoms. The van der Waals surface area contributed by atoms with Crippen LogP contribution >= 0.6 is 0 Å². The third kappa shape index (κ3) is 2.98. The van der Waals surface area contributed by atoms with Crippen LogP contribution in [0.15, 0.2) is 24.3 Å². The van der Waals surface area contributed by atoms with Crippen molar-refractivity contribution in [1.82, 2.24) is 0 Å². The lowest BCUT2D eigenvalue weighted by Gasteiger charge is -2.18. The van der Waals surface area contributed by atoms with Crippen LogP contribution in [0, 0.1) is 13.8 Å². The fourth-order valence-corrected chi connectivity index (χ4v) is 1.29. The molecule has 1 aromatic carbocycles. The minimum absolute atomic E-state index is 0.340. The maximum absolute atomic E-state index is 11.5. The van der Waals surface area contributed by atoms with Crippen LogP contribution in [-0.2, 0) is 4.74 Å². The summed E-state index contributed by atoms with van der Waals surface area (Å²) < 4.78 is 4.99. The minimum atomic E-state index is -0.340. The Morgan fingerprint density at radius 3 is 2.73 bits per heavy atom. The van der Waals surface area contributed by atoms with Gasteiger partial charge in [-0.1, -0.05) is 18.2 Å². The van der Waals surface area contributed by atoms with E-state index in [1.807, 2.05) is 31.2 Å². The van der Waals surface area contributed by atoms with Crippen molar-refractivity contribution in [2.45, 2.75) is 13.3 Å². The Morgan fingerprint density at radius 2 is 2.13 bits per heavy atom. The van der Waals surface area contributed by atoms with Crippen LogP contribution in [0.25, 0.3) is 0 Å². The Bertz CT molecular complexity index is 336. The zero-order valence-electron chi connectivity index (χ0n) is 9.19. The lowest BCUT2D eigenvalue weighted by Crippen LogP contribution is -2.27. The molecule has 1 radical (unpaired) electrons. The lowest BCUT2D eigenvalue weighted by molar-refractivity contribution is 0.157. The number of carbonyl (C=O) groups is 1. The first-order valence-electron chi connectivity index (χ1n) is 4.92. The van der Waals surface area contributed by atoms with Crippen molar-refractivity contribution in [3.05, 3.63) is 36.8 Å². The van der Waals surface area contributed by atoms with Crippen LogP contribution in [-0.4, -0.2) is 19.7 Å². The number of para-hydroxylation sites is 1. The SMILES string of the molecule is [CH2]CCOC(=O)N(C)c1ccccc1C. The number of nitrogens with zero attached hydrogens (tertiary/aromatic N) is 1. The van der Waals surface area contributed by atoms with Gasteiger partial charge in [0.2, 0.25) is 0 Å². The highest BCUT2D eigenvalue weighted by atomic mass is 16.6. The Labute approximate surface area is 90.7 Å². The first kappa shape index (κ1) is 11.6. The number of rotatable bonds is 3. The van der Waals surface area contributed by atoms with Crippen molar-refractivity contribution >= 4 is 11.8 Å². The monoisotopic (exact) mass is 206 g/mol. The summed E-state index contributed by atoms with van der Waals surface area (Å²) >= 11 is 0. The van der Waals surface area contributed by atoms with E-state index in [9.17, 15) is 4.79 Å². The number of carbonyl (C=O) groups excluding carboxylic acids is 1. The van der Waals surface area contributed by atoms with E-state index in [0.29, 0.717) is 13.0 Å². The van der Waals surface area contributed by atoms with E-state index in [1.165, 1.54) is 4.90 Å². The van der Waals surface area contributed by atoms with E-state index in [4.69, 9.17) is 4.74 Å². The summed E-state index contributed by atoms with van der Waals surface area (Å²) in [6.45, 7) is 5.93. The quantitative estimate of drug-likeness (QED) is 0.761. The van der Waals surface area contributed by atoms with Crippen molar-refractivity contribution in [1.29, 1.82) is 0 Å². The van der Waals surface area contributed by atoms with Crippen LogP contribution < -0.4 is 4.90 Å². The van der Waals surface area contributed by atoms with Gasteiger partial charge in [0.05, 0.1) is 6.61 Å². The molecule has 0 aliphatic carbocycles. The summed E-state index contributed by atoms with van der Waals surface area (Å²) in [4.78, 5) is 13.0. The molecule has 15 heavy (non-hydrogen) atoms. The average molecular weight is 206 g/mol. The number of ether oxygens (including phenoxy) is 1. The molecule has 0 heterocycles. The highest BCUT2D eigenvalue weighted by Gasteiger charge is 2.12. The smallest absolute Gasteiger partial charge is 0.414 e. The predicted octanol–water partition coefficient (Wildman–Crippen LogP) is 2.79. The van der Waals surface area contributed by atoms with Gasteiger partial charge in [-0.15, -0.1) is 0 Å². The third-order valence-electron chi connectivity index (χ3n) is 2.12. The average Bonchev–Trinajstić information content (AvgIpc) is 2.25. The molecule has 0 aliphatic heterocycles. The number of anilines is 1. The van der Waals surface area contributed by atoms with Gasteiger partial charge in [0.25, 0.3) is 0 Å². The van der Waals surface area contributed by atoms with Gasteiger partial charge in [-0.2, -0.15) is 0 Å². The topological polar surface area (TPSA) is 29.5 Å². The van der Waals surface area contributed by atoms with Gasteiger partial charge < -0.3 is 4.74 Å². The van der Waals surface area contributed by atoms with Crippen LogP contribution in [0.4, 0.5) is 10.5 Å². The first-order valence-corrected chi connectivity index (χ1v) is 4.92. The number of benzene rings is 1. The second kappa shape index (κ2) is 5.39. The molecule has 0 atom stereocenters. The molecule has 0 unspecified atom stereocenters. The molecular weight excluding hydrogens is 190 g/mol. The van der Waals surface area contributed by atoms with Crippen molar-refractivity contribution in [3.8, 4) is 0 Å². The zero-order chi connectivity index (χ0) is 11.3. The van der Waals surface area contributed by atoms with Gasteiger partial charge in [-0.05, 0) is 31.9 Å². The van der Waals surface area contributed by atoms with Crippen molar-refractivity contribution < 1.29 is 9.53 Å². The van der Waals surface area contributed by atoms with E-state index in [-0.39, 0.29) is 6.09 Å². The number of amides is 1. The van der Waals surface area contributed by atoms with Crippen LogP contribution in [0.2, 0.25) is 0 Å². The standard InChI is InChI=1S/C12H16NO2/c1-4-9-15-12(14)13(3)11-8-6-5-7-10(11)2/h5-8H,1,4,9H2,2-3H3. The van der Waals surface area contributed by atoms with Crippen LogP contribution in [0.1, 0.15) is 12.0 Å². The Morgan fingerprint density at radius 1 is 1.47 bits per heavy atom. The van der Waals surface area contributed by atoms with Gasteiger partial charge in [0, 0.05) is 12.7 Å². The third-order valence-corrected chi connectivity index (χ3v) is 2.12. The molecule has 0 spiro atoms. The molecule has 0 aromatic heterocycles. The van der Waals surface area contributed by atoms with Crippen molar-refractivity contribution in [3.63, 3.8) is 0 Å². The molecule has 0 aliphatic rings. The van der Waals surface area contributed by atoms with Gasteiger partial charge in [-0.3, -0.25) is 4.90 Å². The minimum Gasteiger partial charge on any atom is -0.449 e. The summed E-state index contributed by atoms with van der Waals surface area (Å²) in [5.74, 6) is 0. The summed E-state index contributed by atoms with van der Waals surface area (Å²) in [5.41, 5.74) is 1.91. The molecule has 0 saturated carbocycles. The highest BCUT2D eigenvalue weighted by molar-refractivity contribution is 5.87.